The Kier molecular flexibility index (Phi) is 7.30. The van der Waals surface area contributed by atoms with Crippen LogP contribution in [0.3, 0.4) is 0 Å². The maximum absolute atomic E-state index is 13.6. The lowest BCUT2D eigenvalue weighted by molar-refractivity contribution is -0.197. The molecule has 36 heavy (non-hydrogen) atoms. The number of ether oxygens (including phenoxy) is 1. The first-order chi connectivity index (χ1) is 16.8. The summed E-state index contributed by atoms with van der Waals surface area (Å²) in [5.74, 6) is -1.97. The van der Waals surface area contributed by atoms with Crippen molar-refractivity contribution in [1.29, 1.82) is 0 Å². The molecular formula is C28H37F3N2O3. The van der Waals surface area contributed by atoms with Gasteiger partial charge in [0.2, 0.25) is 0 Å². The lowest BCUT2D eigenvalue weighted by atomic mass is 9.60. The van der Waals surface area contributed by atoms with Gasteiger partial charge < -0.3 is 14.5 Å². The zero-order chi connectivity index (χ0) is 26.3. The van der Waals surface area contributed by atoms with Gasteiger partial charge in [-0.2, -0.15) is 13.2 Å². The van der Waals surface area contributed by atoms with Crippen LogP contribution in [-0.4, -0.2) is 65.2 Å². The number of halogens is 3. The number of likely N-dealkylation sites (tertiary alicyclic amines) is 1. The molecule has 2 aliphatic carbocycles. The third-order valence-electron chi connectivity index (χ3n) is 7.53. The number of benzene rings is 1. The van der Waals surface area contributed by atoms with Crippen LogP contribution in [0.25, 0.3) is 6.08 Å². The number of esters is 1. The molecule has 2 saturated carbocycles. The SMILES string of the molecule is CC/C(=C\c1ccccc1)C1CC1N(C(=O)C(F)(F)F)C1CC2(C1)CN(CCC(=O)OC(C)(C)C)C2. The molecule has 0 radical (unpaired) electrons. The van der Waals surface area contributed by atoms with E-state index in [0.717, 1.165) is 35.5 Å². The van der Waals surface area contributed by atoms with E-state index >= 15 is 0 Å². The molecular weight excluding hydrogens is 469 g/mol. The fourth-order valence-electron chi connectivity index (χ4n) is 5.95. The second-order valence-corrected chi connectivity index (χ2v) is 11.7. The average molecular weight is 507 g/mol. The Morgan fingerprint density at radius 2 is 1.78 bits per heavy atom. The van der Waals surface area contributed by atoms with Crippen molar-refractivity contribution in [2.24, 2.45) is 11.3 Å². The van der Waals surface area contributed by atoms with Crippen molar-refractivity contribution < 1.29 is 27.5 Å². The van der Waals surface area contributed by atoms with Gasteiger partial charge in [0.1, 0.15) is 5.60 Å². The van der Waals surface area contributed by atoms with Gasteiger partial charge >= 0.3 is 18.1 Å². The van der Waals surface area contributed by atoms with E-state index in [1.54, 1.807) is 0 Å². The molecule has 2 unspecified atom stereocenters. The zero-order valence-electron chi connectivity index (χ0n) is 21.6. The third-order valence-corrected chi connectivity index (χ3v) is 7.53. The van der Waals surface area contributed by atoms with Crippen LogP contribution in [0, 0.1) is 11.3 Å². The van der Waals surface area contributed by atoms with Crippen molar-refractivity contribution in [3.63, 3.8) is 0 Å². The molecule has 8 heteroatoms. The highest BCUT2D eigenvalue weighted by Crippen LogP contribution is 2.54. The van der Waals surface area contributed by atoms with E-state index in [0.29, 0.717) is 32.2 Å². The lowest BCUT2D eigenvalue weighted by Gasteiger charge is -2.61. The summed E-state index contributed by atoms with van der Waals surface area (Å²) in [7, 11) is 0. The Morgan fingerprint density at radius 3 is 2.33 bits per heavy atom. The first-order valence-electron chi connectivity index (χ1n) is 12.9. The topological polar surface area (TPSA) is 49.9 Å². The zero-order valence-corrected chi connectivity index (χ0v) is 21.6. The molecule has 1 amide bonds. The largest absolute Gasteiger partial charge is 0.471 e. The second-order valence-electron chi connectivity index (χ2n) is 11.7. The van der Waals surface area contributed by atoms with E-state index < -0.39 is 17.7 Å². The van der Waals surface area contributed by atoms with E-state index in [9.17, 15) is 22.8 Å². The molecule has 3 aliphatic rings. The predicted octanol–water partition coefficient (Wildman–Crippen LogP) is 5.46. The molecule has 1 aliphatic heterocycles. The quantitative estimate of drug-likeness (QED) is 0.440. The molecule has 1 aromatic rings. The van der Waals surface area contributed by atoms with Gasteiger partial charge in [-0.3, -0.25) is 9.59 Å². The van der Waals surface area contributed by atoms with E-state index in [-0.39, 0.29) is 29.4 Å². The van der Waals surface area contributed by atoms with Crippen molar-refractivity contribution in [3.8, 4) is 0 Å². The van der Waals surface area contributed by atoms with Crippen LogP contribution in [0.5, 0.6) is 0 Å². The van der Waals surface area contributed by atoms with E-state index in [1.165, 1.54) is 0 Å². The van der Waals surface area contributed by atoms with Crippen LogP contribution in [0.4, 0.5) is 13.2 Å². The molecule has 198 valence electrons. The molecule has 1 spiro atoms. The van der Waals surface area contributed by atoms with Crippen LogP contribution in [0.1, 0.15) is 65.4 Å². The summed E-state index contributed by atoms with van der Waals surface area (Å²) in [5.41, 5.74) is 1.56. The fourth-order valence-corrected chi connectivity index (χ4v) is 5.95. The van der Waals surface area contributed by atoms with Crippen LogP contribution in [0.2, 0.25) is 0 Å². The Balaban J connectivity index is 1.34. The van der Waals surface area contributed by atoms with Crippen molar-refractivity contribution in [2.75, 3.05) is 19.6 Å². The van der Waals surface area contributed by atoms with Gasteiger partial charge in [0.05, 0.1) is 6.42 Å². The second kappa shape index (κ2) is 9.84. The molecule has 3 fully saturated rings. The number of carbonyl (C=O) groups is 2. The minimum absolute atomic E-state index is 0.0234. The molecule has 4 rings (SSSR count). The predicted molar refractivity (Wildman–Crippen MR) is 132 cm³/mol. The summed E-state index contributed by atoms with van der Waals surface area (Å²) in [6.45, 7) is 9.59. The van der Waals surface area contributed by atoms with Crippen LogP contribution >= 0.6 is 0 Å². The highest BCUT2D eigenvalue weighted by molar-refractivity contribution is 5.83. The number of hydrogen-bond acceptors (Lipinski definition) is 4. The first-order valence-corrected chi connectivity index (χ1v) is 12.9. The van der Waals surface area contributed by atoms with Crippen molar-refractivity contribution in [1.82, 2.24) is 9.80 Å². The number of amides is 1. The minimum atomic E-state index is -4.87. The van der Waals surface area contributed by atoms with Gasteiger partial charge in [-0.15, -0.1) is 0 Å². The molecule has 0 aromatic heterocycles. The first kappa shape index (κ1) is 26.7. The third kappa shape index (κ3) is 6.13. The maximum atomic E-state index is 13.6. The van der Waals surface area contributed by atoms with Crippen molar-refractivity contribution >= 4 is 18.0 Å². The van der Waals surface area contributed by atoms with Gasteiger partial charge in [0.15, 0.2) is 0 Å². The molecule has 0 bridgehead atoms. The summed E-state index contributed by atoms with van der Waals surface area (Å²) in [5, 5.41) is 0. The highest BCUT2D eigenvalue weighted by Gasteiger charge is 2.61. The lowest BCUT2D eigenvalue weighted by Crippen LogP contribution is -2.68. The highest BCUT2D eigenvalue weighted by atomic mass is 19.4. The average Bonchev–Trinajstić information content (AvgIpc) is 3.50. The smallest absolute Gasteiger partial charge is 0.460 e. The van der Waals surface area contributed by atoms with Gasteiger partial charge in [-0.25, -0.2) is 0 Å². The standard InChI is InChI=1S/C28H37F3N2O3/c1-5-20(13-19-9-7-6-8-10-19)22-14-23(22)33(25(35)28(29,30)31)21-15-27(16-21)17-32(18-27)12-11-24(34)36-26(2,3)4/h6-10,13,21-23H,5,11-12,14-18H2,1-4H3/b20-13+. The monoisotopic (exact) mass is 506 g/mol. The van der Waals surface area contributed by atoms with Crippen molar-refractivity contribution in [2.45, 2.75) is 83.7 Å². The van der Waals surface area contributed by atoms with E-state index in [1.807, 2.05) is 58.0 Å². The summed E-state index contributed by atoms with van der Waals surface area (Å²) in [6, 6.07) is 8.99. The minimum Gasteiger partial charge on any atom is -0.460 e. The van der Waals surface area contributed by atoms with E-state index in [4.69, 9.17) is 4.74 Å². The Labute approximate surface area is 211 Å². The van der Waals surface area contributed by atoms with Crippen LogP contribution in [-0.2, 0) is 14.3 Å². The van der Waals surface area contributed by atoms with Gasteiger partial charge in [-0.05, 0) is 57.4 Å². The van der Waals surface area contributed by atoms with Gasteiger partial charge in [0, 0.05) is 37.6 Å². The molecule has 1 heterocycles. The summed E-state index contributed by atoms with van der Waals surface area (Å²) in [6.07, 6.45) is -0.0181. The summed E-state index contributed by atoms with van der Waals surface area (Å²) in [4.78, 5) is 27.8. The Morgan fingerprint density at radius 1 is 1.14 bits per heavy atom. The van der Waals surface area contributed by atoms with Crippen LogP contribution < -0.4 is 0 Å². The normalized spacial score (nSPS) is 24.1. The van der Waals surface area contributed by atoms with Crippen molar-refractivity contribution in [3.05, 3.63) is 41.5 Å². The molecule has 1 aromatic carbocycles. The Hall–Kier alpha value is -2.35. The molecule has 2 atom stereocenters. The number of rotatable bonds is 8. The fraction of sp³-hybridized carbons (Fsp3) is 0.643. The molecule has 5 nitrogen and oxygen atoms in total. The van der Waals surface area contributed by atoms with Gasteiger partial charge in [-0.1, -0.05) is 48.9 Å². The maximum Gasteiger partial charge on any atom is 0.471 e. The number of alkyl halides is 3. The number of hydrogen-bond donors (Lipinski definition) is 0. The van der Waals surface area contributed by atoms with E-state index in [2.05, 4.69) is 11.0 Å². The summed E-state index contributed by atoms with van der Waals surface area (Å²) >= 11 is 0. The summed E-state index contributed by atoms with van der Waals surface area (Å²) < 4.78 is 46.0. The molecule has 0 N–H and O–H groups in total. The number of carbonyl (C=O) groups excluding carboxylic acids is 2. The number of nitrogens with zero attached hydrogens (tertiary/aromatic N) is 2. The molecule has 1 saturated heterocycles. The van der Waals surface area contributed by atoms with Gasteiger partial charge in [0.25, 0.3) is 0 Å². The Bertz CT molecular complexity index is 986. The van der Waals surface area contributed by atoms with Crippen LogP contribution in [0.15, 0.2) is 35.9 Å².